The van der Waals surface area contributed by atoms with Crippen molar-refractivity contribution in [1.29, 1.82) is 0 Å². The van der Waals surface area contributed by atoms with Gasteiger partial charge in [-0.15, -0.1) is 24.0 Å². The molecule has 0 saturated carbocycles. The van der Waals surface area contributed by atoms with Gasteiger partial charge in [0.05, 0.1) is 12.1 Å². The summed E-state index contributed by atoms with van der Waals surface area (Å²) in [6.45, 7) is 1.26. The summed E-state index contributed by atoms with van der Waals surface area (Å²) in [7, 11) is 0. The number of hydrogen-bond donors (Lipinski definition) is 2. The fourth-order valence-electron chi connectivity index (χ4n) is 3.27. The molecule has 0 radical (unpaired) electrons. The van der Waals surface area contributed by atoms with E-state index >= 15 is 0 Å². The smallest absolute Gasteiger partial charge is 0.381 e. The van der Waals surface area contributed by atoms with Gasteiger partial charge in [-0.1, -0.05) is 36.4 Å². The van der Waals surface area contributed by atoms with Crippen molar-refractivity contribution in [2.75, 3.05) is 25.1 Å². The van der Waals surface area contributed by atoms with Crippen LogP contribution in [0.5, 0.6) is 0 Å². The second-order valence-electron chi connectivity index (χ2n) is 6.66. The summed E-state index contributed by atoms with van der Waals surface area (Å²) in [5.74, 6) is 0.235. The molecule has 1 fully saturated rings. The first-order chi connectivity index (χ1) is 12.9. The molecule has 0 amide bonds. The molecule has 0 aliphatic carbocycles. The third-order valence-corrected chi connectivity index (χ3v) is 4.85. The van der Waals surface area contributed by atoms with Gasteiger partial charge in [-0.3, -0.25) is 4.99 Å². The summed E-state index contributed by atoms with van der Waals surface area (Å²) in [4.78, 5) is 4.43. The van der Waals surface area contributed by atoms with E-state index < -0.39 is 17.2 Å². The highest BCUT2D eigenvalue weighted by Crippen LogP contribution is 2.38. The Labute approximate surface area is 179 Å². The Morgan fingerprint density at radius 3 is 2.39 bits per heavy atom. The van der Waals surface area contributed by atoms with Crippen molar-refractivity contribution in [2.45, 2.75) is 24.4 Å². The van der Waals surface area contributed by atoms with Gasteiger partial charge in [0.25, 0.3) is 0 Å². The Hall–Kier alpha value is -1.81. The number of anilines is 1. The summed E-state index contributed by atoms with van der Waals surface area (Å²) in [5.41, 5.74) is 6.24. The zero-order valence-corrected chi connectivity index (χ0v) is 17.5. The third kappa shape index (κ3) is 5.60. The molecule has 1 aliphatic heterocycles. The van der Waals surface area contributed by atoms with Crippen molar-refractivity contribution in [2.24, 2.45) is 10.7 Å². The van der Waals surface area contributed by atoms with Crippen LogP contribution in [0, 0.1) is 0 Å². The number of ether oxygens (including phenoxy) is 1. The van der Waals surface area contributed by atoms with Crippen LogP contribution in [0.3, 0.4) is 0 Å². The lowest BCUT2D eigenvalue weighted by Crippen LogP contribution is -2.38. The molecule has 3 N–H and O–H groups in total. The van der Waals surface area contributed by atoms with Gasteiger partial charge in [0, 0.05) is 24.3 Å². The van der Waals surface area contributed by atoms with Gasteiger partial charge in [0.2, 0.25) is 0 Å². The number of rotatable bonds is 4. The largest absolute Gasteiger partial charge is 0.416 e. The zero-order valence-electron chi connectivity index (χ0n) is 15.2. The number of aliphatic imine (C=N–C) groups is 1. The Morgan fingerprint density at radius 2 is 1.75 bits per heavy atom. The van der Waals surface area contributed by atoms with Crippen LogP contribution in [0.1, 0.15) is 24.0 Å². The average Bonchev–Trinajstić information content (AvgIpc) is 2.67. The maximum atomic E-state index is 13.1. The molecule has 0 spiro atoms. The van der Waals surface area contributed by atoms with Crippen LogP contribution in [0.4, 0.5) is 18.9 Å². The van der Waals surface area contributed by atoms with Crippen molar-refractivity contribution in [1.82, 2.24) is 0 Å². The molecular weight excluding hydrogens is 482 g/mol. The topological polar surface area (TPSA) is 59.6 Å². The van der Waals surface area contributed by atoms with Crippen molar-refractivity contribution in [3.63, 3.8) is 0 Å². The molecule has 1 heterocycles. The number of benzene rings is 2. The fraction of sp³-hybridized carbons (Fsp3) is 0.350. The third-order valence-electron chi connectivity index (χ3n) is 4.85. The average molecular weight is 505 g/mol. The summed E-state index contributed by atoms with van der Waals surface area (Å²) in [6.07, 6.45) is -3.19. The Kier molecular flexibility index (Phi) is 7.70. The molecule has 1 saturated heterocycles. The van der Waals surface area contributed by atoms with Crippen LogP contribution in [0.25, 0.3) is 0 Å². The number of hydrogen-bond acceptors (Lipinski definition) is 2. The van der Waals surface area contributed by atoms with Gasteiger partial charge < -0.3 is 15.8 Å². The highest BCUT2D eigenvalue weighted by atomic mass is 127. The number of para-hydroxylation sites is 1. The van der Waals surface area contributed by atoms with E-state index in [1.807, 2.05) is 30.3 Å². The molecule has 0 aromatic heterocycles. The van der Waals surface area contributed by atoms with Crippen LogP contribution >= 0.6 is 24.0 Å². The summed E-state index contributed by atoms with van der Waals surface area (Å²) in [5, 5.41) is 3.00. The van der Waals surface area contributed by atoms with Gasteiger partial charge in [0.15, 0.2) is 5.96 Å². The summed E-state index contributed by atoms with van der Waals surface area (Å²) < 4.78 is 44.8. The van der Waals surface area contributed by atoms with E-state index in [1.54, 1.807) is 6.07 Å². The number of guanidine groups is 1. The molecule has 0 bridgehead atoms. The maximum Gasteiger partial charge on any atom is 0.416 e. The second-order valence-corrected chi connectivity index (χ2v) is 6.66. The highest BCUT2D eigenvalue weighted by molar-refractivity contribution is 14.0. The minimum absolute atomic E-state index is 0. The van der Waals surface area contributed by atoms with Crippen LogP contribution in [0.15, 0.2) is 59.6 Å². The van der Waals surface area contributed by atoms with Crippen molar-refractivity contribution in [3.8, 4) is 0 Å². The highest BCUT2D eigenvalue weighted by Gasteiger charge is 2.37. The first kappa shape index (κ1) is 22.5. The van der Waals surface area contributed by atoms with Gasteiger partial charge in [-0.2, -0.15) is 13.2 Å². The van der Waals surface area contributed by atoms with E-state index in [0.29, 0.717) is 38.2 Å². The molecular formula is C20H23F3IN3O. The number of halogens is 4. The van der Waals surface area contributed by atoms with E-state index in [1.165, 1.54) is 12.1 Å². The Balaban J connectivity index is 0.00000280. The van der Waals surface area contributed by atoms with E-state index in [9.17, 15) is 13.2 Å². The standard InChI is InChI=1S/C20H22F3N3O.HI/c21-20(22,23)16-6-4-5-15(13-16)19(9-11-27-12-10-19)14-25-18(24)26-17-7-2-1-3-8-17;/h1-8,13H,9-12,14H2,(H3,24,25,26);1H. The monoisotopic (exact) mass is 505 g/mol. The lowest BCUT2D eigenvalue weighted by molar-refractivity contribution is -0.137. The van der Waals surface area contributed by atoms with E-state index in [4.69, 9.17) is 10.5 Å². The lowest BCUT2D eigenvalue weighted by Gasteiger charge is -2.37. The van der Waals surface area contributed by atoms with Gasteiger partial charge in [-0.25, -0.2) is 0 Å². The van der Waals surface area contributed by atoms with Crippen LogP contribution in [-0.4, -0.2) is 25.7 Å². The molecule has 8 heteroatoms. The number of nitrogens with two attached hydrogens (primary N) is 1. The summed E-state index contributed by atoms with van der Waals surface area (Å²) in [6, 6.07) is 14.9. The quantitative estimate of drug-likeness (QED) is 0.357. The van der Waals surface area contributed by atoms with Crippen LogP contribution < -0.4 is 11.1 Å². The first-order valence-electron chi connectivity index (χ1n) is 8.77. The van der Waals surface area contributed by atoms with E-state index in [2.05, 4.69) is 10.3 Å². The van der Waals surface area contributed by atoms with Crippen molar-refractivity contribution < 1.29 is 17.9 Å². The van der Waals surface area contributed by atoms with Crippen LogP contribution in [-0.2, 0) is 16.3 Å². The molecule has 0 unspecified atom stereocenters. The molecule has 0 atom stereocenters. The molecule has 1 aliphatic rings. The minimum atomic E-state index is -4.38. The van der Waals surface area contributed by atoms with Crippen molar-refractivity contribution >= 4 is 35.6 Å². The molecule has 2 aromatic rings. The predicted molar refractivity (Wildman–Crippen MR) is 115 cm³/mol. The predicted octanol–water partition coefficient (Wildman–Crippen LogP) is 4.80. The van der Waals surface area contributed by atoms with Gasteiger partial charge in [-0.05, 0) is 36.6 Å². The lowest BCUT2D eigenvalue weighted by atomic mass is 9.74. The fourth-order valence-corrected chi connectivity index (χ4v) is 3.27. The number of alkyl halides is 3. The van der Waals surface area contributed by atoms with Gasteiger partial charge in [0.1, 0.15) is 0 Å². The molecule has 28 heavy (non-hydrogen) atoms. The SMILES string of the molecule is I.NC(=NCC1(c2cccc(C(F)(F)F)c2)CCOCC1)Nc1ccccc1. The molecule has 152 valence electrons. The molecule has 4 nitrogen and oxygen atoms in total. The molecule has 2 aromatic carbocycles. The van der Waals surface area contributed by atoms with E-state index in [0.717, 1.165) is 11.8 Å². The number of nitrogens with one attached hydrogen (secondary N) is 1. The normalized spacial score (nSPS) is 16.9. The van der Waals surface area contributed by atoms with Crippen molar-refractivity contribution in [3.05, 3.63) is 65.7 Å². The second kappa shape index (κ2) is 9.60. The molecule has 3 rings (SSSR count). The Bertz CT molecular complexity index is 791. The van der Waals surface area contributed by atoms with Gasteiger partial charge >= 0.3 is 6.18 Å². The minimum Gasteiger partial charge on any atom is -0.381 e. The first-order valence-corrected chi connectivity index (χ1v) is 8.77. The maximum absolute atomic E-state index is 13.1. The van der Waals surface area contributed by atoms with Crippen LogP contribution in [0.2, 0.25) is 0 Å². The number of nitrogens with zero attached hydrogens (tertiary/aromatic N) is 1. The summed E-state index contributed by atoms with van der Waals surface area (Å²) >= 11 is 0. The Morgan fingerprint density at radius 1 is 1.07 bits per heavy atom. The van der Waals surface area contributed by atoms with E-state index in [-0.39, 0.29) is 29.9 Å². The zero-order chi connectivity index (χ0) is 19.3.